The van der Waals surface area contributed by atoms with E-state index in [2.05, 4.69) is 20.6 Å². The van der Waals surface area contributed by atoms with Crippen molar-refractivity contribution in [2.24, 2.45) is 5.92 Å². The van der Waals surface area contributed by atoms with E-state index in [9.17, 15) is 4.79 Å². The fourth-order valence-corrected chi connectivity index (χ4v) is 4.47. The summed E-state index contributed by atoms with van der Waals surface area (Å²) < 4.78 is 0. The first kappa shape index (κ1) is 14.0. The molecule has 4 nitrogen and oxygen atoms in total. The van der Waals surface area contributed by atoms with Crippen molar-refractivity contribution in [2.45, 2.75) is 58.0 Å². The topological polar surface area (TPSA) is 45.2 Å². The van der Waals surface area contributed by atoms with Crippen LogP contribution >= 0.6 is 11.3 Å². The highest BCUT2D eigenvalue weighted by Crippen LogP contribution is 2.36. The molecule has 2 fully saturated rings. The number of carbonyl (C=O) groups is 1. The number of amides is 1. The zero-order chi connectivity index (χ0) is 13.9. The molecule has 1 saturated heterocycles. The van der Waals surface area contributed by atoms with E-state index in [0.29, 0.717) is 0 Å². The number of nitrogens with one attached hydrogen (secondary N) is 1. The minimum absolute atomic E-state index is 0.0452. The van der Waals surface area contributed by atoms with Gasteiger partial charge in [-0.2, -0.15) is 0 Å². The number of hydrogen-bond donors (Lipinski definition) is 1. The number of aromatic nitrogens is 1. The van der Waals surface area contributed by atoms with E-state index in [1.54, 1.807) is 0 Å². The van der Waals surface area contributed by atoms with Crippen LogP contribution in [0.5, 0.6) is 0 Å². The Kier molecular flexibility index (Phi) is 4.36. The van der Waals surface area contributed by atoms with Crippen molar-refractivity contribution in [3.8, 4) is 0 Å². The Morgan fingerprint density at radius 2 is 2.20 bits per heavy atom. The monoisotopic (exact) mass is 293 g/mol. The van der Waals surface area contributed by atoms with E-state index in [1.807, 2.05) is 0 Å². The number of nitrogens with zero attached hydrogens (tertiary/aromatic N) is 2. The van der Waals surface area contributed by atoms with Gasteiger partial charge in [0, 0.05) is 24.9 Å². The largest absolute Gasteiger partial charge is 0.302 e. The maximum Gasteiger partial charge on any atom is 0.223 e. The molecule has 5 heteroatoms. The molecular formula is C15H23N3OS. The Labute approximate surface area is 124 Å². The number of anilines is 1. The molecule has 0 radical (unpaired) electrons. The third kappa shape index (κ3) is 3.20. The van der Waals surface area contributed by atoms with Gasteiger partial charge in [0.25, 0.3) is 0 Å². The summed E-state index contributed by atoms with van der Waals surface area (Å²) in [5, 5.41) is 5.58. The average molecular weight is 293 g/mol. The smallest absolute Gasteiger partial charge is 0.223 e. The van der Waals surface area contributed by atoms with E-state index in [1.165, 1.54) is 63.3 Å². The summed E-state index contributed by atoms with van der Waals surface area (Å²) in [7, 11) is 0. The van der Waals surface area contributed by atoms with Gasteiger partial charge in [-0.05, 0) is 38.1 Å². The van der Waals surface area contributed by atoms with Crippen LogP contribution in [-0.2, 0) is 11.3 Å². The van der Waals surface area contributed by atoms with E-state index in [4.69, 9.17) is 0 Å². The molecule has 1 aliphatic heterocycles. The first-order valence-electron chi connectivity index (χ1n) is 7.68. The molecule has 0 spiro atoms. The summed E-state index contributed by atoms with van der Waals surface area (Å²) in [6, 6.07) is 0.767. The number of likely N-dealkylation sites (tertiary alicyclic amines) is 1. The van der Waals surface area contributed by atoms with Gasteiger partial charge in [0.2, 0.25) is 5.91 Å². The minimum atomic E-state index is -0.0452. The number of thiazole rings is 1. The lowest BCUT2D eigenvalue weighted by atomic mass is 9.78. The molecule has 20 heavy (non-hydrogen) atoms. The van der Waals surface area contributed by atoms with Gasteiger partial charge in [0.1, 0.15) is 0 Å². The third-order valence-electron chi connectivity index (χ3n) is 4.56. The summed E-state index contributed by atoms with van der Waals surface area (Å²) in [6.07, 6.45) is 8.30. The van der Waals surface area contributed by atoms with Crippen molar-refractivity contribution in [1.29, 1.82) is 0 Å². The lowest BCUT2D eigenvalue weighted by Gasteiger charge is -2.43. The van der Waals surface area contributed by atoms with E-state index in [0.717, 1.165) is 29.3 Å². The van der Waals surface area contributed by atoms with E-state index < -0.39 is 0 Å². The van der Waals surface area contributed by atoms with Crippen LogP contribution in [0.4, 0.5) is 5.13 Å². The molecule has 1 N–H and O–H groups in total. The van der Waals surface area contributed by atoms with Gasteiger partial charge in [0.15, 0.2) is 5.13 Å². The van der Waals surface area contributed by atoms with Gasteiger partial charge in [-0.3, -0.25) is 9.69 Å². The van der Waals surface area contributed by atoms with Gasteiger partial charge in [-0.15, -0.1) is 11.3 Å². The molecule has 2 atom stereocenters. The third-order valence-corrected chi connectivity index (χ3v) is 5.36. The normalized spacial score (nSPS) is 27.1. The fraction of sp³-hybridized carbons (Fsp3) is 0.733. The van der Waals surface area contributed by atoms with Crippen LogP contribution in [0, 0.1) is 5.92 Å². The fourth-order valence-electron chi connectivity index (χ4n) is 3.72. The molecule has 2 aliphatic rings. The zero-order valence-corrected chi connectivity index (χ0v) is 12.9. The number of fused-ring (bicyclic) bond motifs is 1. The molecule has 0 bridgehead atoms. The summed E-state index contributed by atoms with van der Waals surface area (Å²) >= 11 is 1.53. The van der Waals surface area contributed by atoms with Crippen LogP contribution in [0.15, 0.2) is 5.38 Å². The quantitative estimate of drug-likeness (QED) is 0.930. The van der Waals surface area contributed by atoms with E-state index in [-0.39, 0.29) is 5.91 Å². The maximum absolute atomic E-state index is 11.0. The molecule has 110 valence electrons. The zero-order valence-electron chi connectivity index (χ0n) is 12.1. The van der Waals surface area contributed by atoms with Crippen molar-refractivity contribution in [3.63, 3.8) is 0 Å². The highest BCUT2D eigenvalue weighted by molar-refractivity contribution is 7.13. The molecule has 1 aromatic rings. The van der Waals surface area contributed by atoms with Gasteiger partial charge < -0.3 is 5.32 Å². The SMILES string of the molecule is CC(=O)Nc1nc(CN2CCCC3CCCCC32)cs1. The Balaban J connectivity index is 1.63. The predicted octanol–water partition coefficient (Wildman–Crippen LogP) is 3.26. The van der Waals surface area contributed by atoms with Gasteiger partial charge >= 0.3 is 0 Å². The molecule has 1 saturated carbocycles. The summed E-state index contributed by atoms with van der Waals surface area (Å²) in [6.45, 7) is 3.67. The second kappa shape index (κ2) is 6.22. The Morgan fingerprint density at radius 3 is 3.05 bits per heavy atom. The summed E-state index contributed by atoms with van der Waals surface area (Å²) in [4.78, 5) is 18.2. The molecule has 1 aliphatic carbocycles. The highest BCUT2D eigenvalue weighted by atomic mass is 32.1. The number of hydrogen-bond acceptors (Lipinski definition) is 4. The highest BCUT2D eigenvalue weighted by Gasteiger charge is 2.33. The van der Waals surface area contributed by atoms with E-state index >= 15 is 0 Å². The standard InChI is InChI=1S/C15H23N3OS/c1-11(19)16-15-17-13(10-20-15)9-18-8-4-6-12-5-2-3-7-14(12)18/h10,12,14H,2-9H2,1H3,(H,16,17,19). The number of rotatable bonds is 3. The Hall–Kier alpha value is -0.940. The van der Waals surface area contributed by atoms with Crippen molar-refractivity contribution >= 4 is 22.4 Å². The summed E-state index contributed by atoms with van der Waals surface area (Å²) in [5.74, 6) is 0.863. The van der Waals surface area contributed by atoms with Crippen molar-refractivity contribution in [2.75, 3.05) is 11.9 Å². The molecule has 1 aromatic heterocycles. The first-order valence-corrected chi connectivity index (χ1v) is 8.56. The van der Waals surface area contributed by atoms with Gasteiger partial charge in [-0.25, -0.2) is 4.98 Å². The van der Waals surface area contributed by atoms with Crippen LogP contribution in [0.3, 0.4) is 0 Å². The van der Waals surface area contributed by atoms with Crippen LogP contribution in [0.25, 0.3) is 0 Å². The molecule has 3 rings (SSSR count). The van der Waals surface area contributed by atoms with Crippen LogP contribution in [0.2, 0.25) is 0 Å². The minimum Gasteiger partial charge on any atom is -0.302 e. The second-order valence-electron chi connectivity index (χ2n) is 6.05. The number of carbonyl (C=O) groups excluding carboxylic acids is 1. The predicted molar refractivity (Wildman–Crippen MR) is 81.8 cm³/mol. The molecule has 2 heterocycles. The Bertz CT molecular complexity index is 471. The molecule has 1 amide bonds. The lowest BCUT2D eigenvalue weighted by Crippen LogP contribution is -2.46. The van der Waals surface area contributed by atoms with Crippen LogP contribution in [-0.4, -0.2) is 28.4 Å². The molecule has 2 unspecified atom stereocenters. The maximum atomic E-state index is 11.0. The first-order chi connectivity index (χ1) is 9.72. The Morgan fingerprint density at radius 1 is 1.40 bits per heavy atom. The van der Waals surface area contributed by atoms with Crippen molar-refractivity contribution < 1.29 is 4.79 Å². The van der Waals surface area contributed by atoms with Crippen molar-refractivity contribution in [1.82, 2.24) is 9.88 Å². The summed E-state index contributed by atoms with van der Waals surface area (Å²) in [5.41, 5.74) is 1.10. The molecule has 0 aromatic carbocycles. The van der Waals surface area contributed by atoms with Gasteiger partial charge in [-0.1, -0.05) is 12.8 Å². The van der Waals surface area contributed by atoms with Crippen LogP contribution in [0.1, 0.15) is 51.1 Å². The average Bonchev–Trinajstić information content (AvgIpc) is 2.86. The van der Waals surface area contributed by atoms with Gasteiger partial charge in [0.05, 0.1) is 5.69 Å². The number of piperidine rings is 1. The van der Waals surface area contributed by atoms with Crippen LogP contribution < -0.4 is 5.32 Å². The molecular weight excluding hydrogens is 270 g/mol. The second-order valence-corrected chi connectivity index (χ2v) is 6.91. The lowest BCUT2D eigenvalue weighted by molar-refractivity contribution is -0.114. The van der Waals surface area contributed by atoms with Crippen molar-refractivity contribution in [3.05, 3.63) is 11.1 Å².